The first kappa shape index (κ1) is 24.9. The number of ether oxygens (including phenoxy) is 3. The summed E-state index contributed by atoms with van der Waals surface area (Å²) in [6.45, 7) is 16.3. The molecule has 0 heterocycles. The Labute approximate surface area is 171 Å². The summed E-state index contributed by atoms with van der Waals surface area (Å²) in [7, 11) is -0.233. The van der Waals surface area contributed by atoms with Crippen molar-refractivity contribution in [2.75, 3.05) is 27.1 Å². The summed E-state index contributed by atoms with van der Waals surface area (Å²) < 4.78 is 22.7. The van der Waals surface area contributed by atoms with E-state index in [1.54, 1.807) is 13.2 Å². The molecule has 1 rings (SSSR count). The van der Waals surface area contributed by atoms with Gasteiger partial charge in [0, 0.05) is 12.5 Å². The van der Waals surface area contributed by atoms with Crippen LogP contribution in [-0.4, -0.2) is 46.6 Å². The molecule has 0 aliphatic carbocycles. The minimum atomic E-state index is -1.88. The molecule has 5 nitrogen and oxygen atoms in total. The standard InChI is InChI=1S/C22H38O5Si/c1-8-9-21(23)19(16-27-28(6,7)22(2,3)4)15-26-17-25-14-18-10-12-20(24-5)13-11-18/h8,10-13,19,21,23H,1,9,14-17H2,2-7H3/t19-,21-/m1/s1. The first-order valence-corrected chi connectivity index (χ1v) is 12.7. The van der Waals surface area contributed by atoms with E-state index in [9.17, 15) is 5.11 Å². The van der Waals surface area contributed by atoms with Crippen molar-refractivity contribution in [3.05, 3.63) is 42.5 Å². The van der Waals surface area contributed by atoms with Gasteiger partial charge >= 0.3 is 0 Å². The van der Waals surface area contributed by atoms with Gasteiger partial charge in [0.25, 0.3) is 0 Å². The Hall–Kier alpha value is -1.18. The molecule has 0 bridgehead atoms. The molecular formula is C22H38O5Si. The molecular weight excluding hydrogens is 372 g/mol. The van der Waals surface area contributed by atoms with Gasteiger partial charge < -0.3 is 23.7 Å². The summed E-state index contributed by atoms with van der Waals surface area (Å²) in [5, 5.41) is 10.6. The van der Waals surface area contributed by atoms with E-state index in [1.807, 2.05) is 24.3 Å². The highest BCUT2D eigenvalue weighted by atomic mass is 28.4. The van der Waals surface area contributed by atoms with Gasteiger partial charge in [0.15, 0.2) is 8.32 Å². The number of methoxy groups -OCH3 is 1. The zero-order valence-electron chi connectivity index (χ0n) is 18.4. The van der Waals surface area contributed by atoms with Crippen molar-refractivity contribution >= 4 is 8.32 Å². The van der Waals surface area contributed by atoms with E-state index in [-0.39, 0.29) is 17.7 Å². The van der Waals surface area contributed by atoms with Crippen LogP contribution in [0.4, 0.5) is 0 Å². The normalized spacial score (nSPS) is 14.5. The first-order valence-electron chi connectivity index (χ1n) is 9.82. The monoisotopic (exact) mass is 410 g/mol. The highest BCUT2D eigenvalue weighted by Gasteiger charge is 2.38. The molecule has 0 radical (unpaired) electrons. The molecule has 0 saturated heterocycles. The molecule has 28 heavy (non-hydrogen) atoms. The fraction of sp³-hybridized carbons (Fsp3) is 0.636. The van der Waals surface area contributed by atoms with Crippen LogP contribution < -0.4 is 4.74 Å². The van der Waals surface area contributed by atoms with E-state index in [0.29, 0.717) is 26.2 Å². The van der Waals surface area contributed by atoms with Crippen LogP contribution >= 0.6 is 0 Å². The van der Waals surface area contributed by atoms with Crippen LogP contribution in [0.3, 0.4) is 0 Å². The van der Waals surface area contributed by atoms with Crippen molar-refractivity contribution in [3.63, 3.8) is 0 Å². The summed E-state index contributed by atoms with van der Waals surface area (Å²) in [4.78, 5) is 0. The Balaban J connectivity index is 2.45. The van der Waals surface area contributed by atoms with E-state index in [2.05, 4.69) is 40.4 Å². The van der Waals surface area contributed by atoms with Gasteiger partial charge in [0.1, 0.15) is 12.5 Å². The molecule has 1 N–H and O–H groups in total. The topological polar surface area (TPSA) is 57.2 Å². The molecule has 1 aromatic rings. The largest absolute Gasteiger partial charge is 0.497 e. The van der Waals surface area contributed by atoms with E-state index in [1.165, 1.54) is 0 Å². The number of rotatable bonds is 13. The number of hydrogen-bond donors (Lipinski definition) is 1. The zero-order chi connectivity index (χ0) is 21.2. The van der Waals surface area contributed by atoms with Crippen LogP contribution in [0.25, 0.3) is 0 Å². The molecule has 0 aliphatic rings. The minimum absolute atomic E-state index is 0.114. The fourth-order valence-corrected chi connectivity index (χ4v) is 3.37. The number of aliphatic hydroxyl groups is 1. The molecule has 2 atom stereocenters. The zero-order valence-corrected chi connectivity index (χ0v) is 19.4. The maximum absolute atomic E-state index is 10.4. The number of benzene rings is 1. The lowest BCUT2D eigenvalue weighted by atomic mass is 10.0. The number of hydrogen-bond acceptors (Lipinski definition) is 5. The Bertz CT molecular complexity index is 565. The molecule has 0 spiro atoms. The molecule has 1 aromatic carbocycles. The van der Waals surface area contributed by atoms with Gasteiger partial charge in [0.2, 0.25) is 0 Å². The Morgan fingerprint density at radius 1 is 1.11 bits per heavy atom. The maximum atomic E-state index is 10.4. The molecule has 0 fully saturated rings. The van der Waals surface area contributed by atoms with Gasteiger partial charge in [-0.05, 0) is 42.2 Å². The van der Waals surface area contributed by atoms with E-state index >= 15 is 0 Å². The highest BCUT2D eigenvalue weighted by Crippen LogP contribution is 2.37. The molecule has 160 valence electrons. The molecule has 0 saturated carbocycles. The quantitative estimate of drug-likeness (QED) is 0.220. The van der Waals surface area contributed by atoms with Gasteiger partial charge in [-0.1, -0.05) is 39.0 Å². The van der Waals surface area contributed by atoms with Crippen LogP contribution in [-0.2, 0) is 20.5 Å². The van der Waals surface area contributed by atoms with E-state index in [4.69, 9.17) is 18.6 Å². The molecule has 0 amide bonds. The molecule has 0 aliphatic heterocycles. The van der Waals surface area contributed by atoms with Gasteiger partial charge in [-0.3, -0.25) is 0 Å². The van der Waals surface area contributed by atoms with Crippen molar-refractivity contribution in [3.8, 4) is 5.75 Å². The second-order valence-electron chi connectivity index (χ2n) is 8.61. The summed E-state index contributed by atoms with van der Waals surface area (Å²) in [5.41, 5.74) is 1.05. The third-order valence-electron chi connectivity index (χ3n) is 5.34. The summed E-state index contributed by atoms with van der Waals surface area (Å²) in [6, 6.07) is 7.73. The fourth-order valence-electron chi connectivity index (χ4n) is 2.31. The third-order valence-corrected chi connectivity index (χ3v) is 9.84. The van der Waals surface area contributed by atoms with E-state index in [0.717, 1.165) is 11.3 Å². The van der Waals surface area contributed by atoms with Crippen LogP contribution in [0.15, 0.2) is 36.9 Å². The lowest BCUT2D eigenvalue weighted by molar-refractivity contribution is -0.0889. The maximum Gasteiger partial charge on any atom is 0.191 e. The predicted octanol–water partition coefficient (Wildman–Crippen LogP) is 4.76. The third kappa shape index (κ3) is 8.45. The van der Waals surface area contributed by atoms with Crippen LogP contribution in [0.1, 0.15) is 32.8 Å². The summed E-state index contributed by atoms with van der Waals surface area (Å²) in [5.74, 6) is 0.706. The second-order valence-corrected chi connectivity index (χ2v) is 13.4. The lowest BCUT2D eigenvalue weighted by Gasteiger charge is -2.37. The van der Waals surface area contributed by atoms with Gasteiger partial charge in [-0.25, -0.2) is 0 Å². The molecule has 6 heteroatoms. The lowest BCUT2D eigenvalue weighted by Crippen LogP contribution is -2.43. The summed E-state index contributed by atoms with van der Waals surface area (Å²) in [6.07, 6.45) is 1.70. The second kappa shape index (κ2) is 11.7. The van der Waals surface area contributed by atoms with Gasteiger partial charge in [0.05, 0.1) is 26.4 Å². The van der Waals surface area contributed by atoms with Crippen molar-refractivity contribution in [2.45, 2.75) is 58.0 Å². The smallest absolute Gasteiger partial charge is 0.191 e. The number of aliphatic hydroxyl groups excluding tert-OH is 1. The average molecular weight is 411 g/mol. The first-order chi connectivity index (χ1) is 13.1. The SMILES string of the molecule is C=CC[C@@H](O)[C@H](COCOCc1ccc(OC)cc1)CO[Si](C)(C)C(C)(C)C. The van der Waals surface area contributed by atoms with Crippen molar-refractivity contribution in [2.24, 2.45) is 5.92 Å². The molecule has 0 unspecified atom stereocenters. The predicted molar refractivity (Wildman–Crippen MR) is 116 cm³/mol. The van der Waals surface area contributed by atoms with Crippen molar-refractivity contribution in [1.29, 1.82) is 0 Å². The van der Waals surface area contributed by atoms with Crippen molar-refractivity contribution in [1.82, 2.24) is 0 Å². The van der Waals surface area contributed by atoms with Crippen molar-refractivity contribution < 1.29 is 23.7 Å². The van der Waals surface area contributed by atoms with Gasteiger partial charge in [-0.15, -0.1) is 6.58 Å². The van der Waals surface area contributed by atoms with E-state index < -0.39 is 14.4 Å². The van der Waals surface area contributed by atoms with Gasteiger partial charge in [-0.2, -0.15) is 0 Å². The van der Waals surface area contributed by atoms with Crippen LogP contribution in [0, 0.1) is 5.92 Å². The molecule has 0 aromatic heterocycles. The van der Waals surface area contributed by atoms with Crippen LogP contribution in [0.2, 0.25) is 18.1 Å². The Kier molecular flexibility index (Phi) is 10.4. The Morgan fingerprint density at radius 3 is 2.29 bits per heavy atom. The van der Waals surface area contributed by atoms with Crippen LogP contribution in [0.5, 0.6) is 5.75 Å². The highest BCUT2D eigenvalue weighted by molar-refractivity contribution is 6.74. The summed E-state index contributed by atoms with van der Waals surface area (Å²) >= 11 is 0. The Morgan fingerprint density at radius 2 is 1.75 bits per heavy atom. The average Bonchev–Trinajstić information content (AvgIpc) is 2.63. The minimum Gasteiger partial charge on any atom is -0.497 e.